The summed E-state index contributed by atoms with van der Waals surface area (Å²) < 4.78 is 11.3. The van der Waals surface area contributed by atoms with Gasteiger partial charge in [-0.2, -0.15) is 5.26 Å². The van der Waals surface area contributed by atoms with Crippen molar-refractivity contribution >= 4 is 40.6 Å². The van der Waals surface area contributed by atoms with E-state index >= 15 is 0 Å². The Morgan fingerprint density at radius 2 is 1.88 bits per heavy atom. The van der Waals surface area contributed by atoms with Crippen molar-refractivity contribution in [3.8, 4) is 17.6 Å². The Morgan fingerprint density at radius 1 is 1.06 bits per heavy atom. The Morgan fingerprint density at radius 3 is 2.65 bits per heavy atom. The maximum atomic E-state index is 12.9. The van der Waals surface area contributed by atoms with Crippen LogP contribution in [0.1, 0.15) is 22.3 Å². The predicted molar refractivity (Wildman–Crippen MR) is 131 cm³/mol. The minimum atomic E-state index is -0.359. The number of carbonyl (C=O) groups is 2. The van der Waals surface area contributed by atoms with Gasteiger partial charge in [0.25, 0.3) is 11.1 Å². The van der Waals surface area contributed by atoms with Gasteiger partial charge in [0.15, 0.2) is 11.5 Å². The van der Waals surface area contributed by atoms with E-state index < -0.39 is 0 Å². The molecular formula is C26H19ClN2O4S. The predicted octanol–water partition coefficient (Wildman–Crippen LogP) is 6.04. The summed E-state index contributed by atoms with van der Waals surface area (Å²) in [6.07, 6.45) is 1.65. The van der Waals surface area contributed by atoms with Crippen LogP contribution in [0, 0.1) is 11.3 Å². The highest BCUT2D eigenvalue weighted by molar-refractivity contribution is 8.18. The first-order valence-corrected chi connectivity index (χ1v) is 11.5. The van der Waals surface area contributed by atoms with Gasteiger partial charge in [0.1, 0.15) is 6.61 Å². The fourth-order valence-electron chi connectivity index (χ4n) is 3.41. The van der Waals surface area contributed by atoms with E-state index in [1.807, 2.05) is 18.2 Å². The largest absolute Gasteiger partial charge is 0.493 e. The summed E-state index contributed by atoms with van der Waals surface area (Å²) in [6.45, 7) is 0.366. The van der Waals surface area contributed by atoms with Gasteiger partial charge in [0.2, 0.25) is 0 Å². The number of imide groups is 1. The van der Waals surface area contributed by atoms with E-state index in [0.29, 0.717) is 32.6 Å². The Balaban J connectivity index is 1.50. The normalized spacial score (nSPS) is 14.4. The minimum Gasteiger partial charge on any atom is -0.493 e. The van der Waals surface area contributed by atoms with Crippen molar-refractivity contribution in [3.63, 3.8) is 0 Å². The molecule has 8 heteroatoms. The summed E-state index contributed by atoms with van der Waals surface area (Å²) in [7, 11) is 1.52. The zero-order valence-corrected chi connectivity index (χ0v) is 19.7. The standard InChI is InChI=1S/C26H19ClN2O4S/c1-32-23-12-17(9-10-22(23)33-16-20-7-3-2-6-19(20)14-28)13-24-25(30)29(26(31)34-24)15-18-5-4-8-21(27)11-18/h2-13H,15-16H2,1H3/b24-13-. The number of methoxy groups -OCH3 is 1. The average molecular weight is 491 g/mol. The van der Waals surface area contributed by atoms with Crippen LogP contribution >= 0.6 is 23.4 Å². The molecule has 1 heterocycles. The summed E-state index contributed by atoms with van der Waals surface area (Å²) in [5, 5.41) is 9.46. The molecule has 0 aliphatic carbocycles. The third-order valence-corrected chi connectivity index (χ3v) is 6.25. The van der Waals surface area contributed by atoms with Crippen molar-refractivity contribution in [2.45, 2.75) is 13.2 Å². The van der Waals surface area contributed by atoms with Gasteiger partial charge in [-0.1, -0.05) is 48.0 Å². The molecule has 170 valence electrons. The van der Waals surface area contributed by atoms with Crippen molar-refractivity contribution in [1.82, 2.24) is 4.90 Å². The lowest BCUT2D eigenvalue weighted by atomic mass is 10.1. The van der Waals surface area contributed by atoms with Gasteiger partial charge in [-0.25, -0.2) is 0 Å². The summed E-state index contributed by atoms with van der Waals surface area (Å²) in [5.74, 6) is 0.616. The molecule has 1 saturated heterocycles. The second-order valence-electron chi connectivity index (χ2n) is 7.37. The maximum absolute atomic E-state index is 12.9. The van der Waals surface area contributed by atoms with Gasteiger partial charge in [-0.15, -0.1) is 0 Å². The second kappa shape index (κ2) is 10.5. The number of ether oxygens (including phenoxy) is 2. The molecule has 4 rings (SSSR count). The van der Waals surface area contributed by atoms with Crippen LogP contribution in [0.25, 0.3) is 6.08 Å². The molecule has 34 heavy (non-hydrogen) atoms. The first kappa shape index (κ1) is 23.4. The second-order valence-corrected chi connectivity index (χ2v) is 8.80. The first-order valence-electron chi connectivity index (χ1n) is 10.3. The van der Waals surface area contributed by atoms with Crippen LogP contribution in [-0.2, 0) is 17.9 Å². The Bertz CT molecular complexity index is 1330. The van der Waals surface area contributed by atoms with E-state index in [9.17, 15) is 14.9 Å². The number of amides is 2. The third-order valence-electron chi connectivity index (χ3n) is 5.11. The van der Waals surface area contributed by atoms with Gasteiger partial charge in [-0.3, -0.25) is 14.5 Å². The molecule has 2 amide bonds. The quantitative estimate of drug-likeness (QED) is 0.376. The zero-order chi connectivity index (χ0) is 24.1. The monoisotopic (exact) mass is 490 g/mol. The lowest BCUT2D eigenvalue weighted by Gasteiger charge is -2.13. The molecule has 0 spiro atoms. The average Bonchev–Trinajstić information content (AvgIpc) is 3.10. The van der Waals surface area contributed by atoms with Crippen molar-refractivity contribution in [1.29, 1.82) is 5.26 Å². The SMILES string of the molecule is COc1cc(/C=C2\SC(=O)N(Cc3cccc(Cl)c3)C2=O)ccc1OCc1ccccc1C#N. The third kappa shape index (κ3) is 5.25. The molecule has 0 unspecified atom stereocenters. The number of nitriles is 1. The Hall–Kier alpha value is -3.73. The van der Waals surface area contributed by atoms with E-state index in [0.717, 1.165) is 22.9 Å². The number of hydrogen-bond donors (Lipinski definition) is 0. The molecular weight excluding hydrogens is 472 g/mol. The van der Waals surface area contributed by atoms with Gasteiger partial charge in [0.05, 0.1) is 30.2 Å². The van der Waals surface area contributed by atoms with E-state index in [1.54, 1.807) is 54.6 Å². The van der Waals surface area contributed by atoms with Gasteiger partial charge >= 0.3 is 0 Å². The number of hydrogen-bond acceptors (Lipinski definition) is 6. The number of benzene rings is 3. The molecule has 0 aromatic heterocycles. The topological polar surface area (TPSA) is 79.6 Å². The van der Waals surface area contributed by atoms with Crippen molar-refractivity contribution in [3.05, 3.63) is 98.9 Å². The summed E-state index contributed by atoms with van der Waals surface area (Å²) >= 11 is 6.90. The van der Waals surface area contributed by atoms with Crippen LogP contribution in [0.2, 0.25) is 5.02 Å². The highest BCUT2D eigenvalue weighted by Crippen LogP contribution is 2.35. The molecule has 1 aliphatic heterocycles. The van der Waals surface area contributed by atoms with E-state index in [4.69, 9.17) is 21.1 Å². The zero-order valence-electron chi connectivity index (χ0n) is 18.2. The number of nitrogens with zero attached hydrogens (tertiary/aromatic N) is 2. The Labute approximate surface area is 206 Å². The summed E-state index contributed by atoms with van der Waals surface area (Å²) in [6, 6.07) is 21.7. The fourth-order valence-corrected chi connectivity index (χ4v) is 4.46. The van der Waals surface area contributed by atoms with Crippen molar-refractivity contribution in [2.75, 3.05) is 7.11 Å². The van der Waals surface area contributed by atoms with E-state index in [-0.39, 0.29) is 24.3 Å². The van der Waals surface area contributed by atoms with Gasteiger partial charge < -0.3 is 9.47 Å². The molecule has 0 N–H and O–H groups in total. The summed E-state index contributed by atoms with van der Waals surface area (Å²) in [4.78, 5) is 26.8. The molecule has 6 nitrogen and oxygen atoms in total. The molecule has 0 atom stereocenters. The lowest BCUT2D eigenvalue weighted by molar-refractivity contribution is -0.123. The smallest absolute Gasteiger partial charge is 0.293 e. The van der Waals surface area contributed by atoms with Crippen LogP contribution in [-0.4, -0.2) is 23.2 Å². The van der Waals surface area contributed by atoms with Crippen molar-refractivity contribution in [2.24, 2.45) is 0 Å². The molecule has 1 fully saturated rings. The summed E-state index contributed by atoms with van der Waals surface area (Å²) in [5.41, 5.74) is 2.78. The van der Waals surface area contributed by atoms with Gasteiger partial charge in [0, 0.05) is 10.6 Å². The highest BCUT2D eigenvalue weighted by Gasteiger charge is 2.35. The van der Waals surface area contributed by atoms with E-state index in [2.05, 4.69) is 6.07 Å². The molecule has 0 bridgehead atoms. The molecule has 3 aromatic rings. The molecule has 1 aliphatic rings. The molecule has 3 aromatic carbocycles. The van der Waals surface area contributed by atoms with Crippen molar-refractivity contribution < 1.29 is 19.1 Å². The number of rotatable bonds is 7. The van der Waals surface area contributed by atoms with Crippen LogP contribution in [0.4, 0.5) is 4.79 Å². The first-order chi connectivity index (χ1) is 16.5. The minimum absolute atomic E-state index is 0.156. The lowest BCUT2D eigenvalue weighted by Crippen LogP contribution is -2.27. The fraction of sp³-hybridized carbons (Fsp3) is 0.115. The molecule has 0 saturated carbocycles. The number of thioether (sulfide) groups is 1. The number of carbonyl (C=O) groups excluding carboxylic acids is 2. The van der Waals surface area contributed by atoms with Gasteiger partial charge in [-0.05, 0) is 59.3 Å². The van der Waals surface area contributed by atoms with Crippen LogP contribution < -0.4 is 9.47 Å². The van der Waals surface area contributed by atoms with E-state index in [1.165, 1.54) is 12.0 Å². The van der Waals surface area contributed by atoms with Crippen LogP contribution in [0.15, 0.2) is 71.6 Å². The number of halogens is 1. The Kier molecular flexibility index (Phi) is 7.21. The molecule has 0 radical (unpaired) electrons. The highest BCUT2D eigenvalue weighted by atomic mass is 35.5. The van der Waals surface area contributed by atoms with Crippen LogP contribution in [0.5, 0.6) is 11.5 Å². The van der Waals surface area contributed by atoms with Crippen LogP contribution in [0.3, 0.4) is 0 Å². The maximum Gasteiger partial charge on any atom is 0.293 e.